The molecule has 0 N–H and O–H groups in total. The maximum Gasteiger partial charge on any atom is 0.146 e. The number of hydrogen-bond donors (Lipinski definition) is 0. The predicted octanol–water partition coefficient (Wildman–Crippen LogP) is 2.86. The van der Waals surface area contributed by atoms with E-state index in [0.717, 1.165) is 16.8 Å². The summed E-state index contributed by atoms with van der Waals surface area (Å²) < 4.78 is 0.998. The molecule has 0 bridgehead atoms. The Hall–Kier alpha value is -0.640. The smallest absolute Gasteiger partial charge is 0.146 e. The van der Waals surface area contributed by atoms with E-state index in [4.69, 9.17) is 0 Å². The van der Waals surface area contributed by atoms with Gasteiger partial charge in [0.15, 0.2) is 0 Å². The molecule has 1 aliphatic rings. The minimum absolute atomic E-state index is 0.660. The second kappa shape index (κ2) is 4.47. The molecule has 0 unspecified atom stereocenters. The Labute approximate surface area is 99.0 Å². The van der Waals surface area contributed by atoms with Crippen LogP contribution in [0, 0.1) is 5.92 Å². The quantitative estimate of drug-likeness (QED) is 0.842. The van der Waals surface area contributed by atoms with E-state index in [0.29, 0.717) is 12.0 Å². The minimum Gasteiger partial charge on any atom is -0.352 e. The average Bonchev–Trinajstić information content (AvgIpc) is 2.98. The molecule has 1 fully saturated rings. The van der Waals surface area contributed by atoms with Crippen LogP contribution in [0.25, 0.3) is 0 Å². The molecular weight excluding hydrogens is 254 g/mol. The molecule has 1 saturated carbocycles. The molecule has 0 radical (unpaired) electrons. The highest BCUT2D eigenvalue weighted by molar-refractivity contribution is 9.10. The van der Waals surface area contributed by atoms with Crippen molar-refractivity contribution in [3.05, 3.63) is 17.0 Å². The molecule has 0 atom stereocenters. The van der Waals surface area contributed by atoms with Gasteiger partial charge in [0.25, 0.3) is 0 Å². The van der Waals surface area contributed by atoms with E-state index in [2.05, 4.69) is 44.6 Å². The van der Waals surface area contributed by atoms with Crippen LogP contribution in [0.15, 0.2) is 17.0 Å². The standard InChI is InChI=1S/C11H16BrN3/c1-8(2)6-15(9-3-4-9)11-10(12)5-13-7-14-11/h5,7-9H,3-4,6H2,1-2H3. The van der Waals surface area contributed by atoms with Gasteiger partial charge in [-0.3, -0.25) is 0 Å². The average molecular weight is 270 g/mol. The van der Waals surface area contributed by atoms with Gasteiger partial charge in [-0.2, -0.15) is 0 Å². The number of hydrogen-bond acceptors (Lipinski definition) is 3. The zero-order chi connectivity index (χ0) is 10.8. The molecule has 0 spiro atoms. The third-order valence-electron chi connectivity index (χ3n) is 2.47. The maximum absolute atomic E-state index is 4.36. The van der Waals surface area contributed by atoms with Gasteiger partial charge in [0, 0.05) is 18.8 Å². The minimum atomic E-state index is 0.660. The summed E-state index contributed by atoms with van der Waals surface area (Å²) in [6.07, 6.45) is 6.03. The van der Waals surface area contributed by atoms with Gasteiger partial charge in [-0.25, -0.2) is 9.97 Å². The van der Waals surface area contributed by atoms with Gasteiger partial charge in [0.2, 0.25) is 0 Å². The third kappa shape index (κ3) is 2.68. The van der Waals surface area contributed by atoms with Crippen molar-refractivity contribution in [2.75, 3.05) is 11.4 Å². The number of halogens is 1. The molecule has 0 aliphatic heterocycles. The number of aromatic nitrogens is 2. The van der Waals surface area contributed by atoms with Gasteiger partial charge in [-0.15, -0.1) is 0 Å². The van der Waals surface area contributed by atoms with Crippen LogP contribution >= 0.6 is 15.9 Å². The van der Waals surface area contributed by atoms with Crippen molar-refractivity contribution >= 4 is 21.7 Å². The molecule has 0 aromatic carbocycles. The van der Waals surface area contributed by atoms with Crippen molar-refractivity contribution < 1.29 is 0 Å². The Morgan fingerprint density at radius 3 is 2.80 bits per heavy atom. The van der Waals surface area contributed by atoms with E-state index in [9.17, 15) is 0 Å². The number of rotatable bonds is 4. The Balaban J connectivity index is 2.20. The topological polar surface area (TPSA) is 29.0 Å². The van der Waals surface area contributed by atoms with Crippen LogP contribution in [0.3, 0.4) is 0 Å². The highest BCUT2D eigenvalue weighted by Crippen LogP contribution is 2.34. The molecule has 0 amide bonds. The summed E-state index contributed by atoms with van der Waals surface area (Å²) in [5.41, 5.74) is 0. The summed E-state index contributed by atoms with van der Waals surface area (Å²) >= 11 is 3.52. The highest BCUT2D eigenvalue weighted by atomic mass is 79.9. The van der Waals surface area contributed by atoms with Crippen molar-refractivity contribution in [1.82, 2.24) is 9.97 Å². The zero-order valence-corrected chi connectivity index (χ0v) is 10.7. The fourth-order valence-electron chi connectivity index (χ4n) is 1.71. The lowest BCUT2D eigenvalue weighted by atomic mass is 10.2. The lowest BCUT2D eigenvalue weighted by Crippen LogP contribution is -2.30. The highest BCUT2D eigenvalue weighted by Gasteiger charge is 2.31. The normalized spacial score (nSPS) is 15.7. The van der Waals surface area contributed by atoms with Gasteiger partial charge in [-0.05, 0) is 34.7 Å². The first-order valence-electron chi connectivity index (χ1n) is 5.40. The van der Waals surface area contributed by atoms with Crippen LogP contribution in [0.2, 0.25) is 0 Å². The summed E-state index contributed by atoms with van der Waals surface area (Å²) in [5.74, 6) is 1.70. The predicted molar refractivity (Wildman–Crippen MR) is 64.9 cm³/mol. The van der Waals surface area contributed by atoms with Gasteiger partial charge < -0.3 is 4.90 Å². The van der Waals surface area contributed by atoms with E-state index in [1.165, 1.54) is 12.8 Å². The Kier molecular flexibility index (Phi) is 3.24. The van der Waals surface area contributed by atoms with Crippen LogP contribution in [0.4, 0.5) is 5.82 Å². The van der Waals surface area contributed by atoms with Crippen LogP contribution in [0.1, 0.15) is 26.7 Å². The summed E-state index contributed by atoms with van der Waals surface area (Å²) in [6, 6.07) is 0.693. The van der Waals surface area contributed by atoms with Gasteiger partial charge in [-0.1, -0.05) is 13.8 Å². The van der Waals surface area contributed by atoms with E-state index in [1.807, 2.05) is 6.20 Å². The van der Waals surface area contributed by atoms with Crippen molar-refractivity contribution in [1.29, 1.82) is 0 Å². The monoisotopic (exact) mass is 269 g/mol. The van der Waals surface area contributed by atoms with Crippen molar-refractivity contribution in [2.24, 2.45) is 5.92 Å². The van der Waals surface area contributed by atoms with E-state index in [-0.39, 0.29) is 0 Å². The molecule has 4 heteroatoms. The van der Waals surface area contributed by atoms with Crippen molar-refractivity contribution in [3.63, 3.8) is 0 Å². The molecule has 1 aliphatic carbocycles. The summed E-state index contributed by atoms with van der Waals surface area (Å²) in [7, 11) is 0. The molecule has 1 heterocycles. The van der Waals surface area contributed by atoms with Gasteiger partial charge in [0.05, 0.1) is 4.47 Å². The third-order valence-corrected chi connectivity index (χ3v) is 3.03. The van der Waals surface area contributed by atoms with Crippen molar-refractivity contribution in [3.8, 4) is 0 Å². The van der Waals surface area contributed by atoms with Crippen LogP contribution < -0.4 is 4.90 Å². The molecule has 15 heavy (non-hydrogen) atoms. The van der Waals surface area contributed by atoms with E-state index < -0.39 is 0 Å². The molecule has 1 aromatic heterocycles. The summed E-state index contributed by atoms with van der Waals surface area (Å²) in [4.78, 5) is 10.8. The molecule has 82 valence electrons. The van der Waals surface area contributed by atoms with Crippen LogP contribution in [-0.4, -0.2) is 22.6 Å². The first-order chi connectivity index (χ1) is 7.18. The fourth-order valence-corrected chi connectivity index (χ4v) is 2.15. The summed E-state index contributed by atoms with van der Waals surface area (Å²) in [6.45, 7) is 5.55. The molecule has 0 saturated heterocycles. The fraction of sp³-hybridized carbons (Fsp3) is 0.636. The van der Waals surface area contributed by atoms with Gasteiger partial charge in [0.1, 0.15) is 12.1 Å². The Bertz CT molecular complexity index is 336. The second-order valence-electron chi connectivity index (χ2n) is 4.47. The zero-order valence-electron chi connectivity index (χ0n) is 9.15. The van der Waals surface area contributed by atoms with Gasteiger partial charge >= 0.3 is 0 Å². The van der Waals surface area contributed by atoms with E-state index >= 15 is 0 Å². The van der Waals surface area contributed by atoms with Crippen LogP contribution in [-0.2, 0) is 0 Å². The first kappa shape index (κ1) is 10.9. The van der Waals surface area contributed by atoms with Crippen molar-refractivity contribution in [2.45, 2.75) is 32.7 Å². The molecular formula is C11H16BrN3. The Morgan fingerprint density at radius 2 is 2.27 bits per heavy atom. The Morgan fingerprint density at radius 1 is 1.53 bits per heavy atom. The second-order valence-corrected chi connectivity index (χ2v) is 5.33. The largest absolute Gasteiger partial charge is 0.352 e. The maximum atomic E-state index is 4.36. The van der Waals surface area contributed by atoms with E-state index in [1.54, 1.807) is 6.33 Å². The lowest BCUT2D eigenvalue weighted by molar-refractivity contribution is 0.601. The number of nitrogens with zero attached hydrogens (tertiary/aromatic N) is 3. The summed E-state index contributed by atoms with van der Waals surface area (Å²) in [5, 5.41) is 0. The first-order valence-corrected chi connectivity index (χ1v) is 6.20. The molecule has 3 nitrogen and oxygen atoms in total. The van der Waals surface area contributed by atoms with Crippen LogP contribution in [0.5, 0.6) is 0 Å². The SMILES string of the molecule is CC(C)CN(c1ncncc1Br)C1CC1. The number of anilines is 1. The molecule has 1 aromatic rings. The molecule has 2 rings (SSSR count). The lowest BCUT2D eigenvalue weighted by Gasteiger charge is -2.26.